The van der Waals surface area contributed by atoms with E-state index in [-0.39, 0.29) is 12.1 Å². The Kier molecular flexibility index (Phi) is 3.77. The molecule has 1 N–H and O–H groups in total. The van der Waals surface area contributed by atoms with Crippen LogP contribution in [0.1, 0.15) is 50.9 Å². The third kappa shape index (κ3) is 3.08. The molecule has 1 atom stereocenters. The van der Waals surface area contributed by atoms with Gasteiger partial charge in [0.25, 0.3) is 0 Å². The minimum atomic E-state index is -0.116. The van der Waals surface area contributed by atoms with Gasteiger partial charge in [0.2, 0.25) is 5.91 Å². The first-order valence-electron chi connectivity index (χ1n) is 8.47. The quantitative estimate of drug-likeness (QED) is 0.941. The monoisotopic (exact) mass is 314 g/mol. The van der Waals surface area contributed by atoms with Gasteiger partial charge in [-0.1, -0.05) is 0 Å². The van der Waals surface area contributed by atoms with E-state index in [0.717, 1.165) is 54.8 Å². The highest BCUT2D eigenvalue weighted by atomic mass is 16.5. The van der Waals surface area contributed by atoms with Crippen LogP contribution < -0.4 is 5.32 Å². The van der Waals surface area contributed by atoms with E-state index < -0.39 is 0 Å². The fraction of sp³-hybridized carbons (Fsp3) is 0.588. The summed E-state index contributed by atoms with van der Waals surface area (Å²) in [4.78, 5) is 15.7. The fourth-order valence-electron chi connectivity index (χ4n) is 3.23. The number of rotatable bonds is 4. The number of hydrogen-bond donors (Lipinski definition) is 1. The molecule has 1 amide bonds. The van der Waals surface area contributed by atoms with Crippen LogP contribution >= 0.6 is 0 Å². The first-order chi connectivity index (χ1) is 11.2. The molecule has 23 heavy (non-hydrogen) atoms. The molecular weight excluding hydrogens is 292 g/mol. The third-order valence-corrected chi connectivity index (χ3v) is 4.58. The van der Waals surface area contributed by atoms with Gasteiger partial charge in [0.15, 0.2) is 6.23 Å². The number of ether oxygens (including phenoxy) is 1. The van der Waals surface area contributed by atoms with Crippen molar-refractivity contribution in [3.05, 3.63) is 18.0 Å². The first-order valence-corrected chi connectivity index (χ1v) is 8.47. The maximum atomic E-state index is 11.3. The number of aromatic nitrogens is 3. The van der Waals surface area contributed by atoms with Crippen molar-refractivity contribution in [1.82, 2.24) is 14.8 Å². The Morgan fingerprint density at radius 2 is 2.26 bits per heavy atom. The van der Waals surface area contributed by atoms with Gasteiger partial charge in [-0.3, -0.25) is 4.79 Å². The summed E-state index contributed by atoms with van der Waals surface area (Å²) in [6.07, 6.45) is 8.69. The van der Waals surface area contributed by atoms with Crippen molar-refractivity contribution < 1.29 is 9.53 Å². The lowest BCUT2D eigenvalue weighted by atomic mass is 10.1. The molecule has 3 heterocycles. The van der Waals surface area contributed by atoms with Gasteiger partial charge in [0.1, 0.15) is 5.82 Å². The molecule has 6 nitrogen and oxygen atoms in total. The Morgan fingerprint density at radius 1 is 1.39 bits per heavy atom. The van der Waals surface area contributed by atoms with Crippen LogP contribution in [0.25, 0.3) is 10.9 Å². The molecule has 4 rings (SSSR count). The van der Waals surface area contributed by atoms with Gasteiger partial charge >= 0.3 is 0 Å². The number of carbonyl (C=O) groups is 1. The van der Waals surface area contributed by atoms with Crippen molar-refractivity contribution in [1.29, 1.82) is 0 Å². The standard InChI is InChI=1S/C17H22N4O2/c1-11(22)19-16-9-15-13(10-18-16)14(8-12-5-6-12)20-21(15)17-4-2-3-7-23-17/h9-10,12,17H,2-8H2,1H3,(H,18,19,22). The van der Waals surface area contributed by atoms with Gasteiger partial charge in [-0.25, -0.2) is 9.67 Å². The molecule has 0 aromatic carbocycles. The van der Waals surface area contributed by atoms with Crippen LogP contribution in [0, 0.1) is 5.92 Å². The van der Waals surface area contributed by atoms with Gasteiger partial charge in [0.05, 0.1) is 11.2 Å². The maximum Gasteiger partial charge on any atom is 0.222 e. The largest absolute Gasteiger partial charge is 0.356 e. The lowest BCUT2D eigenvalue weighted by Gasteiger charge is -2.23. The molecule has 122 valence electrons. The second-order valence-electron chi connectivity index (χ2n) is 6.63. The van der Waals surface area contributed by atoms with Gasteiger partial charge < -0.3 is 10.1 Å². The van der Waals surface area contributed by atoms with E-state index in [9.17, 15) is 4.79 Å². The van der Waals surface area contributed by atoms with Crippen molar-refractivity contribution in [2.75, 3.05) is 11.9 Å². The highest BCUT2D eigenvalue weighted by Gasteiger charge is 2.27. The van der Waals surface area contributed by atoms with E-state index in [1.54, 1.807) is 0 Å². The van der Waals surface area contributed by atoms with E-state index in [0.29, 0.717) is 5.82 Å². The molecule has 0 radical (unpaired) electrons. The number of amides is 1. The minimum absolute atomic E-state index is 0.00761. The first kappa shape index (κ1) is 14.6. The predicted octanol–water partition coefficient (Wildman–Crippen LogP) is 3.04. The van der Waals surface area contributed by atoms with E-state index in [4.69, 9.17) is 9.84 Å². The van der Waals surface area contributed by atoms with Gasteiger partial charge in [-0.2, -0.15) is 5.10 Å². The number of anilines is 1. The highest BCUT2D eigenvalue weighted by molar-refractivity contribution is 5.91. The summed E-state index contributed by atoms with van der Waals surface area (Å²) in [6, 6.07) is 1.91. The Hall–Kier alpha value is -1.95. The van der Waals surface area contributed by atoms with E-state index in [2.05, 4.69) is 10.3 Å². The van der Waals surface area contributed by atoms with Gasteiger partial charge in [0, 0.05) is 31.2 Å². The summed E-state index contributed by atoms with van der Waals surface area (Å²) < 4.78 is 7.92. The minimum Gasteiger partial charge on any atom is -0.356 e. The van der Waals surface area contributed by atoms with E-state index in [1.807, 2.05) is 16.9 Å². The molecule has 1 aliphatic carbocycles. The second kappa shape index (κ2) is 5.92. The number of nitrogens with zero attached hydrogens (tertiary/aromatic N) is 3. The second-order valence-corrected chi connectivity index (χ2v) is 6.63. The molecule has 2 aromatic heterocycles. The van der Waals surface area contributed by atoms with Crippen molar-refractivity contribution in [3.8, 4) is 0 Å². The number of fused-ring (bicyclic) bond motifs is 1. The molecule has 0 spiro atoms. The zero-order chi connectivity index (χ0) is 15.8. The molecule has 0 bridgehead atoms. The maximum absolute atomic E-state index is 11.3. The average Bonchev–Trinajstić information content (AvgIpc) is 3.29. The molecule has 2 aromatic rings. The SMILES string of the molecule is CC(=O)Nc1cc2c(cn1)c(CC1CC1)nn2C1CCCCO1. The van der Waals surface area contributed by atoms with Crippen LogP contribution in [0.15, 0.2) is 12.3 Å². The number of pyridine rings is 1. The fourth-order valence-corrected chi connectivity index (χ4v) is 3.23. The Labute approximate surface area is 135 Å². The molecule has 1 aliphatic heterocycles. The van der Waals surface area contributed by atoms with E-state index >= 15 is 0 Å². The molecule has 2 fully saturated rings. The van der Waals surface area contributed by atoms with Crippen molar-refractivity contribution in [2.24, 2.45) is 5.92 Å². The van der Waals surface area contributed by atoms with E-state index in [1.165, 1.54) is 19.8 Å². The Balaban J connectivity index is 1.75. The average molecular weight is 314 g/mol. The van der Waals surface area contributed by atoms with Crippen LogP contribution in [0.2, 0.25) is 0 Å². The summed E-state index contributed by atoms with van der Waals surface area (Å²) in [5.41, 5.74) is 2.12. The van der Waals surface area contributed by atoms with Crippen molar-refractivity contribution in [3.63, 3.8) is 0 Å². The Bertz CT molecular complexity index is 730. The highest BCUT2D eigenvalue weighted by Crippen LogP contribution is 2.36. The van der Waals surface area contributed by atoms with Crippen LogP contribution in [-0.4, -0.2) is 27.3 Å². The number of nitrogens with one attached hydrogen (secondary N) is 1. The summed E-state index contributed by atoms with van der Waals surface area (Å²) >= 11 is 0. The predicted molar refractivity (Wildman–Crippen MR) is 87.1 cm³/mol. The molecule has 1 unspecified atom stereocenters. The molecule has 2 aliphatic rings. The number of carbonyl (C=O) groups excluding carboxylic acids is 1. The summed E-state index contributed by atoms with van der Waals surface area (Å²) in [7, 11) is 0. The zero-order valence-corrected chi connectivity index (χ0v) is 13.4. The zero-order valence-electron chi connectivity index (χ0n) is 13.4. The lowest BCUT2D eigenvalue weighted by Crippen LogP contribution is -2.19. The number of hydrogen-bond acceptors (Lipinski definition) is 4. The normalized spacial score (nSPS) is 21.5. The lowest BCUT2D eigenvalue weighted by molar-refractivity contribution is -0.114. The third-order valence-electron chi connectivity index (χ3n) is 4.58. The van der Waals surface area contributed by atoms with Gasteiger partial charge in [-0.15, -0.1) is 0 Å². The van der Waals surface area contributed by atoms with Crippen molar-refractivity contribution >= 4 is 22.6 Å². The summed E-state index contributed by atoms with van der Waals surface area (Å²) in [6.45, 7) is 2.28. The molecule has 1 saturated carbocycles. The van der Waals surface area contributed by atoms with Crippen LogP contribution in [0.5, 0.6) is 0 Å². The topological polar surface area (TPSA) is 69.0 Å². The Morgan fingerprint density at radius 3 is 2.96 bits per heavy atom. The van der Waals surface area contributed by atoms with Gasteiger partial charge in [-0.05, 0) is 44.4 Å². The van der Waals surface area contributed by atoms with Crippen LogP contribution in [-0.2, 0) is 16.0 Å². The molecule has 1 saturated heterocycles. The van der Waals surface area contributed by atoms with Crippen LogP contribution in [0.4, 0.5) is 5.82 Å². The summed E-state index contributed by atoms with van der Waals surface area (Å²) in [5, 5.41) is 8.69. The molecule has 6 heteroatoms. The van der Waals surface area contributed by atoms with Crippen molar-refractivity contribution in [2.45, 2.75) is 51.7 Å². The van der Waals surface area contributed by atoms with Crippen LogP contribution in [0.3, 0.4) is 0 Å². The summed E-state index contributed by atoms with van der Waals surface area (Å²) in [5.74, 6) is 1.22. The smallest absolute Gasteiger partial charge is 0.222 e. The molecular formula is C17H22N4O2.